The van der Waals surface area contributed by atoms with Gasteiger partial charge in [-0.15, -0.1) is 11.5 Å². The Labute approximate surface area is 377 Å². The van der Waals surface area contributed by atoms with Crippen LogP contribution in [0.1, 0.15) is 29.0 Å². The quantitative estimate of drug-likeness (QED) is 0.0627. The molecule has 0 radical (unpaired) electrons. The highest BCUT2D eigenvalue weighted by Gasteiger charge is 2.32. The molecule has 0 bridgehead atoms. The monoisotopic (exact) mass is 1000 g/mol. The largest absolute Gasteiger partial charge is 0.778 e. The predicted octanol–water partition coefficient (Wildman–Crippen LogP) is 1.44. The molecule has 346 valence electrons. The summed E-state index contributed by atoms with van der Waals surface area (Å²) in [4.78, 5) is 71.1. The first-order valence-electron chi connectivity index (χ1n) is 17.3. The Morgan fingerprint density at radius 3 is 2.14 bits per heavy atom. The van der Waals surface area contributed by atoms with Gasteiger partial charge in [-0.1, -0.05) is 40.7 Å². The zero-order chi connectivity index (χ0) is 47.8. The van der Waals surface area contributed by atoms with Crippen LogP contribution in [0.3, 0.4) is 0 Å². The zero-order valence-corrected chi connectivity index (χ0v) is 38.9. The summed E-state index contributed by atoms with van der Waals surface area (Å²) in [6.45, 7) is 0.280. The Morgan fingerprint density at radius 2 is 1.63 bits per heavy atom. The third-order valence-electron chi connectivity index (χ3n) is 7.07. The fourth-order valence-corrected chi connectivity index (χ4v) is 7.19. The number of amides is 2. The molecule has 2 amide bonds. The van der Waals surface area contributed by atoms with Crippen LogP contribution in [0.2, 0.25) is 15.2 Å². The highest BCUT2D eigenvalue weighted by Crippen LogP contribution is 2.33. The minimum absolute atomic E-state index is 0.0478. The van der Waals surface area contributed by atoms with Crippen LogP contribution in [0.15, 0.2) is 28.0 Å². The number of aryl methyl sites for hydroxylation is 2. The number of halogens is 3. The second-order valence-electron chi connectivity index (χ2n) is 12.5. The fraction of sp³-hybridized carbons (Fsp3) is 0.394. The summed E-state index contributed by atoms with van der Waals surface area (Å²) in [5.41, 5.74) is -0.550. The number of carboxylic acids is 2. The first kappa shape index (κ1) is 54.0. The van der Waals surface area contributed by atoms with E-state index in [2.05, 4.69) is 50.2 Å². The zero-order valence-electron chi connectivity index (χ0n) is 34.1. The number of anilines is 1. The van der Waals surface area contributed by atoms with Crippen LogP contribution in [-0.4, -0.2) is 128 Å². The summed E-state index contributed by atoms with van der Waals surface area (Å²) < 4.78 is 55.2. The summed E-state index contributed by atoms with van der Waals surface area (Å²) in [6, 6.07) is 3.17. The van der Waals surface area contributed by atoms with Crippen molar-refractivity contribution in [1.29, 1.82) is 0 Å². The number of urea groups is 1. The maximum Gasteiger partial charge on any atom is 0.350 e. The Morgan fingerprint density at radius 1 is 1.03 bits per heavy atom. The molecule has 1 aliphatic heterocycles. The molecule has 24 nitrogen and oxygen atoms in total. The predicted molar refractivity (Wildman–Crippen MR) is 230 cm³/mol. The molecule has 0 fully saturated rings. The van der Waals surface area contributed by atoms with Gasteiger partial charge in [-0.25, -0.2) is 19.1 Å². The van der Waals surface area contributed by atoms with Crippen molar-refractivity contribution in [3.63, 3.8) is 0 Å². The molecule has 4 aromatic rings. The number of ether oxygens (including phenoxy) is 3. The number of aromatic nitrogens is 7. The number of nitrogens with zero attached hydrogens (tertiary/aromatic N) is 7. The summed E-state index contributed by atoms with van der Waals surface area (Å²) in [5, 5.41) is 28.4. The van der Waals surface area contributed by atoms with Gasteiger partial charge in [0.2, 0.25) is 17.7 Å². The fourth-order valence-electron chi connectivity index (χ4n) is 4.70. The summed E-state index contributed by atoms with van der Waals surface area (Å²) in [6.07, 6.45) is 13.8. The Hall–Kier alpha value is -5.10. The average Bonchev–Trinajstić information content (AvgIpc) is 3.68. The molecule has 63 heavy (non-hydrogen) atoms. The second-order valence-corrected chi connectivity index (χ2v) is 19.3. The molecule has 5 rings (SSSR count). The lowest BCUT2D eigenvalue weighted by Gasteiger charge is -2.14. The van der Waals surface area contributed by atoms with Crippen molar-refractivity contribution in [3.8, 4) is 35.5 Å². The van der Waals surface area contributed by atoms with E-state index in [-0.39, 0.29) is 30.0 Å². The Balaban J connectivity index is 0.000000338. The molecule has 6 N–H and O–H groups in total. The molecule has 1 aromatic carbocycles. The average molecular weight is 1000 g/mol. The smallest absolute Gasteiger partial charge is 0.350 e. The lowest BCUT2D eigenvalue weighted by atomic mass is 10.2. The lowest BCUT2D eigenvalue weighted by molar-refractivity contribution is -0.193. The van der Waals surface area contributed by atoms with Gasteiger partial charge in [0.1, 0.15) is 31.3 Å². The third-order valence-corrected chi connectivity index (χ3v) is 9.99. The molecule has 0 spiro atoms. The molecule has 1 unspecified atom stereocenters. The molecule has 0 aliphatic carbocycles. The van der Waals surface area contributed by atoms with E-state index in [0.29, 0.717) is 43.6 Å². The molecular formula is C33H42Cl3N10O14PS2. The van der Waals surface area contributed by atoms with Gasteiger partial charge in [-0.05, 0) is 29.8 Å². The second kappa shape index (κ2) is 24.7. The van der Waals surface area contributed by atoms with E-state index in [1.807, 2.05) is 5.32 Å². The molecule has 0 saturated heterocycles. The number of hydrogen-bond acceptors (Lipinski definition) is 16. The third kappa shape index (κ3) is 17.2. The van der Waals surface area contributed by atoms with Crippen LogP contribution in [0, 0.1) is 12.3 Å². The number of carboxylic acid groups (broad SMARTS) is 2. The lowest BCUT2D eigenvalue weighted by Crippen LogP contribution is -2.36. The van der Waals surface area contributed by atoms with Crippen LogP contribution in [-0.2, 0) is 50.3 Å². The molecule has 1 aliphatic rings. The van der Waals surface area contributed by atoms with Crippen molar-refractivity contribution in [2.45, 2.75) is 30.8 Å². The van der Waals surface area contributed by atoms with E-state index in [1.54, 1.807) is 15.4 Å². The number of hydrogen-bond donors (Lipinski definition) is 6. The van der Waals surface area contributed by atoms with Crippen LogP contribution in [0.5, 0.6) is 17.5 Å². The van der Waals surface area contributed by atoms with Gasteiger partial charge in [0, 0.05) is 26.1 Å². The number of fused-ring (bicyclic) bond motifs is 1. The number of sulfonamides is 1. The van der Waals surface area contributed by atoms with Gasteiger partial charge in [0.25, 0.3) is 10.0 Å². The van der Waals surface area contributed by atoms with Crippen molar-refractivity contribution in [1.82, 2.24) is 44.1 Å². The van der Waals surface area contributed by atoms with Crippen LogP contribution < -0.4 is 40.1 Å². The van der Waals surface area contributed by atoms with Gasteiger partial charge in [-0.3, -0.25) is 24.7 Å². The SMILES string of the molecule is C#CCOc1cc(-n2nc3n(c2=O)CCCC3)c(Cl)cc1Cl.COc1cc(OC)nc(NC(=O)NS(=O)(=O)c2c(C(=O)O)c(Cl)nn2C)n1.C[S+](C)C.O=C(O)CNCP(=O)([O-])O. The van der Waals surface area contributed by atoms with E-state index in [0.717, 1.165) is 32.1 Å². The van der Waals surface area contributed by atoms with E-state index >= 15 is 0 Å². The van der Waals surface area contributed by atoms with Crippen LogP contribution in [0.4, 0.5) is 10.7 Å². The van der Waals surface area contributed by atoms with Gasteiger partial charge in [-0.2, -0.15) is 28.2 Å². The van der Waals surface area contributed by atoms with Gasteiger partial charge in [0.15, 0.2) is 10.2 Å². The molecular weight excluding hydrogens is 962 g/mol. The number of aliphatic carboxylic acids is 1. The van der Waals surface area contributed by atoms with Crippen molar-refractivity contribution in [2.75, 3.05) is 57.7 Å². The normalized spacial score (nSPS) is 12.6. The first-order valence-corrected chi connectivity index (χ1v) is 24.1. The first-order chi connectivity index (χ1) is 29.3. The highest BCUT2D eigenvalue weighted by molar-refractivity contribution is 7.94. The van der Waals surface area contributed by atoms with Gasteiger partial charge >= 0.3 is 23.7 Å². The van der Waals surface area contributed by atoms with Crippen LogP contribution >= 0.6 is 42.4 Å². The topological polar surface area (TPSA) is 333 Å². The van der Waals surface area contributed by atoms with E-state index < -0.39 is 64.2 Å². The number of rotatable bonds is 13. The molecule has 3 aromatic heterocycles. The van der Waals surface area contributed by atoms with Crippen molar-refractivity contribution < 1.29 is 61.6 Å². The number of benzene rings is 1. The van der Waals surface area contributed by atoms with Gasteiger partial charge < -0.3 is 38.8 Å². The Bertz CT molecular complexity index is 2500. The van der Waals surface area contributed by atoms with Crippen LogP contribution in [0.25, 0.3) is 5.69 Å². The standard InChI is InChI=1S/C15H13Cl2N3O2.C12H13ClN6O7S.C3H8NO5P.C3H9S/c1-2-7-22-13-9-12(10(16)8-11(13)17)20-15(21)19-6-4-3-5-14(19)18-20;1-19-9(7(10(20)21)8(13)17-19)27(23,24)18-12(22)16-11-14-5(25-2)4-6(15-11)26-3;5-3(6)1-4-2-10(7,8)9;1-4(2)3/h1,8-9H,3-7H2;4H,1-3H3,(H,20,21)(H2,14,15,16,18,22);4H,1-2H2,(H,5,6)(H2,7,8,9);1-3H3/q;;;+1/p-1. The number of carbonyl (C=O) groups is 3. The minimum Gasteiger partial charge on any atom is -0.778 e. The Kier molecular flexibility index (Phi) is 21.2. The summed E-state index contributed by atoms with van der Waals surface area (Å²) in [5.74, 6) is 0.484. The molecule has 0 saturated carbocycles. The molecule has 1 atom stereocenters. The van der Waals surface area contributed by atoms with E-state index in [4.69, 9.17) is 70.5 Å². The maximum atomic E-state index is 12.5. The highest BCUT2D eigenvalue weighted by atomic mass is 35.5. The molecule has 30 heteroatoms. The maximum absolute atomic E-state index is 12.5. The number of aromatic carboxylic acids is 1. The van der Waals surface area contributed by atoms with Crippen molar-refractivity contribution in [3.05, 3.63) is 55.3 Å². The van der Waals surface area contributed by atoms with Gasteiger partial charge in [0.05, 0.1) is 67.6 Å². The summed E-state index contributed by atoms with van der Waals surface area (Å²) in [7, 11) is -4.57. The minimum atomic E-state index is -4.64. The van der Waals surface area contributed by atoms with E-state index in [9.17, 15) is 37.1 Å². The van der Waals surface area contributed by atoms with Crippen molar-refractivity contribution in [2.24, 2.45) is 7.05 Å². The number of nitrogens with one attached hydrogen (secondary N) is 3. The summed E-state index contributed by atoms with van der Waals surface area (Å²) >= 11 is 17.9. The number of carbonyl (C=O) groups excluding carboxylic acids is 1. The van der Waals surface area contributed by atoms with E-state index in [1.165, 1.54) is 31.0 Å². The molecule has 4 heterocycles. The number of methoxy groups -OCH3 is 2. The number of terminal acetylenes is 1. The van der Waals surface area contributed by atoms with Crippen molar-refractivity contribution >= 4 is 87.2 Å².